The van der Waals surface area contributed by atoms with Gasteiger partial charge in [0.15, 0.2) is 0 Å². The number of nitrogens with zero attached hydrogens (tertiary/aromatic N) is 4. The first-order valence-electron chi connectivity index (χ1n) is 7.74. The first-order valence-corrected chi connectivity index (χ1v) is 9.01. The zero-order valence-electron chi connectivity index (χ0n) is 13.7. The highest BCUT2D eigenvalue weighted by molar-refractivity contribution is 7.79. The molecule has 3 rings (SSSR count). The van der Waals surface area contributed by atoms with Gasteiger partial charge in [0, 0.05) is 35.9 Å². The quantitative estimate of drug-likeness (QED) is 0.535. The molecule has 0 unspecified atom stereocenters. The van der Waals surface area contributed by atoms with Crippen molar-refractivity contribution in [1.82, 2.24) is 19.9 Å². The van der Waals surface area contributed by atoms with Crippen LogP contribution >= 0.6 is 25.3 Å². The van der Waals surface area contributed by atoms with E-state index in [4.69, 9.17) is 0 Å². The number of rotatable bonds is 2. The predicted octanol–water partition coefficient (Wildman–Crippen LogP) is 2.93. The van der Waals surface area contributed by atoms with Gasteiger partial charge in [-0.2, -0.15) is 25.3 Å². The average molecular weight is 374 g/mol. The monoisotopic (exact) mass is 374 g/mol. The minimum atomic E-state index is 0.516. The van der Waals surface area contributed by atoms with Crippen LogP contribution in [0, 0.1) is 23.7 Å². The van der Waals surface area contributed by atoms with Crippen LogP contribution in [0.15, 0.2) is 49.1 Å². The molecule has 0 aliphatic heterocycles. The maximum Gasteiger partial charge on any atom is 0.137 e. The van der Waals surface area contributed by atoms with E-state index in [1.807, 2.05) is 24.3 Å². The summed E-state index contributed by atoms with van der Waals surface area (Å²) in [6, 6.07) is 7.72. The summed E-state index contributed by atoms with van der Waals surface area (Å²) >= 11 is 8.26. The molecule has 3 aromatic rings. The highest BCUT2D eigenvalue weighted by Crippen LogP contribution is 2.04. The normalized spacial score (nSPS) is 9.62. The second-order valence-electron chi connectivity index (χ2n) is 5.17. The molecule has 0 aliphatic carbocycles. The molecule has 0 bridgehead atoms. The van der Waals surface area contributed by atoms with Crippen LogP contribution in [0.25, 0.3) is 0 Å². The molecule has 4 nitrogen and oxygen atoms in total. The summed E-state index contributed by atoms with van der Waals surface area (Å²) in [5, 5.41) is 0. The van der Waals surface area contributed by atoms with Crippen LogP contribution < -0.4 is 0 Å². The van der Waals surface area contributed by atoms with Crippen molar-refractivity contribution in [2.24, 2.45) is 0 Å². The van der Waals surface area contributed by atoms with Crippen molar-refractivity contribution in [3.05, 3.63) is 83.0 Å². The molecule has 1 aromatic carbocycles. The summed E-state index contributed by atoms with van der Waals surface area (Å²) in [4.78, 5) is 16.7. The fraction of sp³-hybridized carbons (Fsp3) is 0.100. The highest BCUT2D eigenvalue weighted by Gasteiger charge is 1.94. The summed E-state index contributed by atoms with van der Waals surface area (Å²) in [5.41, 5.74) is 3.33. The molecule has 0 atom stereocenters. The predicted molar refractivity (Wildman–Crippen MR) is 108 cm³/mol. The fourth-order valence-corrected chi connectivity index (χ4v) is 2.25. The largest absolute Gasteiger partial charge is 0.239 e. The lowest BCUT2D eigenvalue weighted by Crippen LogP contribution is -1.91. The molecule has 0 saturated heterocycles. The van der Waals surface area contributed by atoms with E-state index in [1.54, 1.807) is 24.8 Å². The van der Waals surface area contributed by atoms with Crippen molar-refractivity contribution in [3.63, 3.8) is 0 Å². The molecule has 0 fully saturated rings. The Labute approximate surface area is 163 Å². The van der Waals surface area contributed by atoms with Crippen LogP contribution in [0.5, 0.6) is 0 Å². The van der Waals surface area contributed by atoms with Gasteiger partial charge >= 0.3 is 0 Å². The van der Waals surface area contributed by atoms with Crippen molar-refractivity contribution in [2.45, 2.75) is 11.5 Å². The number of benzene rings is 1. The third-order valence-corrected chi connectivity index (χ3v) is 3.85. The fourth-order valence-electron chi connectivity index (χ4n) is 1.93. The second kappa shape index (κ2) is 9.05. The van der Waals surface area contributed by atoms with E-state index in [0.29, 0.717) is 23.2 Å². The lowest BCUT2D eigenvalue weighted by molar-refractivity contribution is 1.03. The molecule has 0 aliphatic rings. The SMILES string of the molecule is SCc1ncc(C#Cc2ccc(C#Cc3cnc(CS)nc3)cc2)cn1. The summed E-state index contributed by atoms with van der Waals surface area (Å²) in [5.74, 6) is 14.7. The topological polar surface area (TPSA) is 51.6 Å². The maximum absolute atomic E-state index is 4.16. The molecule has 126 valence electrons. The zero-order chi connectivity index (χ0) is 18.2. The van der Waals surface area contributed by atoms with Gasteiger partial charge in [-0.25, -0.2) is 19.9 Å². The second-order valence-corrected chi connectivity index (χ2v) is 5.80. The van der Waals surface area contributed by atoms with Crippen LogP contribution in [0.2, 0.25) is 0 Å². The van der Waals surface area contributed by atoms with Crippen molar-refractivity contribution in [3.8, 4) is 23.7 Å². The standard InChI is InChI=1S/C20H14N4S2/c25-13-19-21-9-17(10-22-19)7-5-15-1-2-16(4-3-15)6-8-18-11-23-20(14-26)24-12-18/h1-4,9-12,25-26H,13-14H2. The molecule has 0 N–H and O–H groups in total. The summed E-state index contributed by atoms with van der Waals surface area (Å²) < 4.78 is 0. The van der Waals surface area contributed by atoms with E-state index in [-0.39, 0.29) is 0 Å². The first-order chi connectivity index (χ1) is 12.8. The third-order valence-electron chi connectivity index (χ3n) is 3.28. The molecule has 2 heterocycles. The Balaban J connectivity index is 1.68. The molecule has 2 aromatic heterocycles. The van der Waals surface area contributed by atoms with Crippen molar-refractivity contribution < 1.29 is 0 Å². The summed E-state index contributed by atoms with van der Waals surface area (Å²) in [6.07, 6.45) is 6.80. The van der Waals surface area contributed by atoms with E-state index in [0.717, 1.165) is 22.3 Å². The van der Waals surface area contributed by atoms with Crippen molar-refractivity contribution >= 4 is 25.3 Å². The van der Waals surface area contributed by atoms with Gasteiger partial charge in [0.25, 0.3) is 0 Å². The van der Waals surface area contributed by atoms with Crippen LogP contribution in [-0.4, -0.2) is 19.9 Å². The Morgan fingerprint density at radius 1 is 0.538 bits per heavy atom. The number of hydrogen-bond acceptors (Lipinski definition) is 6. The minimum absolute atomic E-state index is 0.516. The van der Waals surface area contributed by atoms with Crippen LogP contribution in [0.4, 0.5) is 0 Å². The molecular formula is C20H14N4S2. The van der Waals surface area contributed by atoms with E-state index in [2.05, 4.69) is 68.9 Å². The minimum Gasteiger partial charge on any atom is -0.239 e. The lowest BCUT2D eigenvalue weighted by Gasteiger charge is -1.94. The number of aromatic nitrogens is 4. The summed E-state index contributed by atoms with van der Waals surface area (Å²) in [6.45, 7) is 0. The Kier molecular flexibility index (Phi) is 6.27. The van der Waals surface area contributed by atoms with Gasteiger partial charge in [-0.3, -0.25) is 0 Å². The van der Waals surface area contributed by atoms with E-state index in [9.17, 15) is 0 Å². The van der Waals surface area contributed by atoms with Gasteiger partial charge < -0.3 is 0 Å². The van der Waals surface area contributed by atoms with Crippen molar-refractivity contribution in [1.29, 1.82) is 0 Å². The van der Waals surface area contributed by atoms with Gasteiger partial charge in [-0.05, 0) is 24.3 Å². The van der Waals surface area contributed by atoms with Crippen LogP contribution in [0.1, 0.15) is 33.9 Å². The first kappa shape index (κ1) is 18.0. The lowest BCUT2D eigenvalue weighted by atomic mass is 10.1. The highest BCUT2D eigenvalue weighted by atomic mass is 32.1. The molecule has 26 heavy (non-hydrogen) atoms. The van der Waals surface area contributed by atoms with Gasteiger partial charge in [0.2, 0.25) is 0 Å². The van der Waals surface area contributed by atoms with Gasteiger partial charge in [-0.15, -0.1) is 0 Å². The Morgan fingerprint density at radius 2 is 0.846 bits per heavy atom. The smallest absolute Gasteiger partial charge is 0.137 e. The number of hydrogen-bond donors (Lipinski definition) is 2. The molecule has 6 heteroatoms. The molecular weight excluding hydrogens is 360 g/mol. The van der Waals surface area contributed by atoms with Gasteiger partial charge in [-0.1, -0.05) is 23.7 Å². The van der Waals surface area contributed by atoms with Crippen LogP contribution in [0.3, 0.4) is 0 Å². The van der Waals surface area contributed by atoms with E-state index in [1.165, 1.54) is 0 Å². The van der Waals surface area contributed by atoms with E-state index < -0.39 is 0 Å². The summed E-state index contributed by atoms with van der Waals surface area (Å²) in [7, 11) is 0. The molecule has 0 spiro atoms. The Hall–Kier alpha value is -2.80. The molecule has 0 radical (unpaired) electrons. The molecule has 0 amide bonds. The maximum atomic E-state index is 4.16. The van der Waals surface area contributed by atoms with Crippen LogP contribution in [-0.2, 0) is 11.5 Å². The average Bonchev–Trinajstić information content (AvgIpc) is 2.72. The molecule has 0 saturated carbocycles. The number of thiol groups is 2. The zero-order valence-corrected chi connectivity index (χ0v) is 15.5. The van der Waals surface area contributed by atoms with Gasteiger partial charge in [0.05, 0.1) is 22.6 Å². The Bertz CT molecular complexity index is 906. The van der Waals surface area contributed by atoms with Gasteiger partial charge in [0.1, 0.15) is 11.6 Å². The van der Waals surface area contributed by atoms with E-state index >= 15 is 0 Å². The van der Waals surface area contributed by atoms with Crippen molar-refractivity contribution in [2.75, 3.05) is 0 Å². The third kappa shape index (κ3) is 5.10. The Morgan fingerprint density at radius 3 is 1.15 bits per heavy atom.